The maximum absolute atomic E-state index is 13.7. The molecule has 7 aliphatic carbocycles. The number of esters is 1. The molecule has 8 aliphatic rings. The van der Waals surface area contributed by atoms with Gasteiger partial charge in [0.15, 0.2) is 0 Å². The molecule has 0 radical (unpaired) electrons. The zero-order valence-corrected chi connectivity index (χ0v) is 28.8. The van der Waals surface area contributed by atoms with Gasteiger partial charge in [0, 0.05) is 43.6 Å². The van der Waals surface area contributed by atoms with Gasteiger partial charge >= 0.3 is 5.97 Å². The van der Waals surface area contributed by atoms with Crippen molar-refractivity contribution in [3.05, 3.63) is 35.5 Å². The van der Waals surface area contributed by atoms with Crippen LogP contribution in [0.3, 0.4) is 0 Å². The zero-order chi connectivity index (χ0) is 33.9. The molecule has 5 saturated carbocycles. The summed E-state index contributed by atoms with van der Waals surface area (Å²) in [5.74, 6) is -1.43. The van der Waals surface area contributed by atoms with Crippen molar-refractivity contribution in [2.45, 2.75) is 107 Å². The van der Waals surface area contributed by atoms with Crippen LogP contribution in [0.5, 0.6) is 0 Å². The highest BCUT2D eigenvalue weighted by Gasteiger charge is 2.82. The quantitative estimate of drug-likeness (QED) is 0.120. The number of aldehydes is 1. The largest absolute Gasteiger partial charge is 0.450 e. The Morgan fingerprint density at radius 2 is 1.94 bits per heavy atom. The van der Waals surface area contributed by atoms with Crippen LogP contribution in [0.2, 0.25) is 0 Å². The average Bonchev–Trinajstić information content (AvgIpc) is 3.50. The molecule has 15 atom stereocenters. The molecule has 0 spiro atoms. The Hall–Kier alpha value is -1.88. The van der Waals surface area contributed by atoms with Crippen LogP contribution in [-0.4, -0.2) is 88.5 Å². The van der Waals surface area contributed by atoms with E-state index in [2.05, 4.69) is 37.4 Å². The number of methoxy groups -OCH3 is 1. The Morgan fingerprint density at radius 1 is 1.12 bits per heavy atom. The van der Waals surface area contributed by atoms with E-state index in [1.807, 2.05) is 0 Å². The first-order chi connectivity index (χ1) is 22.9. The number of carbonyl (C=O) groups is 2. The van der Waals surface area contributed by atoms with Crippen LogP contribution in [0.4, 0.5) is 0 Å². The van der Waals surface area contributed by atoms with Crippen molar-refractivity contribution in [2.75, 3.05) is 26.8 Å². The van der Waals surface area contributed by atoms with Crippen molar-refractivity contribution >= 4 is 12.3 Å². The molecule has 0 aromatic carbocycles. The predicted molar refractivity (Wildman–Crippen MR) is 177 cm³/mol. The lowest BCUT2D eigenvalue weighted by Crippen LogP contribution is -2.80. The lowest BCUT2D eigenvalue weighted by molar-refractivity contribution is -0.341. The molecule has 0 amide bonds. The fraction of sp³-hybridized carbons (Fsp3) is 0.795. The highest BCUT2D eigenvalue weighted by molar-refractivity contribution is 5.87. The third-order valence-electron chi connectivity index (χ3n) is 15.7. The third kappa shape index (κ3) is 4.12. The molecular weight excluding hydrogens is 610 g/mol. The van der Waals surface area contributed by atoms with Crippen molar-refractivity contribution in [2.24, 2.45) is 58.2 Å². The van der Waals surface area contributed by atoms with E-state index in [4.69, 9.17) is 9.47 Å². The minimum atomic E-state index is -1.64. The smallest absolute Gasteiger partial charge is 0.331 e. The van der Waals surface area contributed by atoms with E-state index in [0.29, 0.717) is 64.0 Å². The molecule has 0 aromatic heterocycles. The van der Waals surface area contributed by atoms with E-state index in [1.54, 1.807) is 13.2 Å². The number of aliphatic hydroxyl groups is 4. The first-order valence-corrected chi connectivity index (χ1v) is 18.7. The second-order valence-corrected chi connectivity index (χ2v) is 17.4. The number of hydrogen-bond acceptors (Lipinski definition) is 9. The van der Waals surface area contributed by atoms with Gasteiger partial charge in [0.2, 0.25) is 0 Å². The topological polar surface area (TPSA) is 146 Å². The van der Waals surface area contributed by atoms with Gasteiger partial charge in [-0.3, -0.25) is 0 Å². The second-order valence-electron chi connectivity index (χ2n) is 17.4. The van der Waals surface area contributed by atoms with Gasteiger partial charge in [-0.25, -0.2) is 4.79 Å². The zero-order valence-electron chi connectivity index (χ0n) is 28.8. The molecule has 5 N–H and O–H groups in total. The summed E-state index contributed by atoms with van der Waals surface area (Å²) in [5, 5.41) is 55.0. The number of fused-ring (bicyclic) bond motifs is 9. The molecule has 264 valence electrons. The molecule has 0 bridgehead atoms. The number of allylic oxidation sites excluding steroid dienone is 3. The van der Waals surface area contributed by atoms with Crippen molar-refractivity contribution in [3.63, 3.8) is 0 Å². The number of hydrogen-bond donors (Lipinski definition) is 5. The van der Waals surface area contributed by atoms with Gasteiger partial charge < -0.3 is 40.0 Å². The monoisotopic (exact) mass is 665 g/mol. The third-order valence-corrected chi connectivity index (χ3v) is 15.7. The van der Waals surface area contributed by atoms with Gasteiger partial charge in [-0.1, -0.05) is 32.1 Å². The predicted octanol–water partition coefficient (Wildman–Crippen LogP) is 3.25. The molecule has 1 aliphatic heterocycles. The van der Waals surface area contributed by atoms with E-state index in [1.165, 1.54) is 0 Å². The van der Waals surface area contributed by atoms with Crippen molar-refractivity contribution in [1.82, 2.24) is 5.32 Å². The van der Waals surface area contributed by atoms with Crippen LogP contribution in [0.15, 0.2) is 35.5 Å². The first kappa shape index (κ1) is 33.3. The fourth-order valence-corrected chi connectivity index (χ4v) is 13.7. The lowest BCUT2D eigenvalue weighted by Gasteiger charge is -2.71. The summed E-state index contributed by atoms with van der Waals surface area (Å²) >= 11 is 0. The maximum Gasteiger partial charge on any atom is 0.331 e. The van der Waals surface area contributed by atoms with E-state index >= 15 is 0 Å². The minimum absolute atomic E-state index is 0.119. The average molecular weight is 666 g/mol. The first-order valence-electron chi connectivity index (χ1n) is 18.7. The molecular formula is C39H55NO8. The number of ether oxygens (including phenoxy) is 2. The van der Waals surface area contributed by atoms with Crippen molar-refractivity contribution < 1.29 is 39.5 Å². The Morgan fingerprint density at radius 3 is 2.71 bits per heavy atom. The summed E-state index contributed by atoms with van der Waals surface area (Å²) in [6.07, 6.45) is 13.3. The molecule has 48 heavy (non-hydrogen) atoms. The molecule has 0 aromatic rings. The van der Waals surface area contributed by atoms with Gasteiger partial charge in [0.1, 0.15) is 18.0 Å². The minimum Gasteiger partial charge on any atom is -0.450 e. The summed E-state index contributed by atoms with van der Waals surface area (Å²) in [6, 6.07) is 0. The summed E-state index contributed by atoms with van der Waals surface area (Å²) in [5.41, 5.74) is -4.87. The Bertz CT molecular complexity index is 1440. The molecule has 9 heteroatoms. The number of carbonyl (C=O) groups excluding carboxylic acids is 2. The molecule has 15 unspecified atom stereocenters. The normalized spacial score (nSPS) is 53.1. The van der Waals surface area contributed by atoms with Gasteiger partial charge in [0.05, 0.1) is 22.7 Å². The Labute approximate surface area is 284 Å². The van der Waals surface area contributed by atoms with Gasteiger partial charge in [0.25, 0.3) is 0 Å². The van der Waals surface area contributed by atoms with E-state index in [0.717, 1.165) is 36.8 Å². The Kier molecular flexibility index (Phi) is 7.84. The van der Waals surface area contributed by atoms with Crippen molar-refractivity contribution in [1.29, 1.82) is 0 Å². The van der Waals surface area contributed by atoms with E-state index < -0.39 is 57.6 Å². The standard InChI is InChI=1S/C39H55NO8/c1-22-6-4-7-23-15-29-30(42)8-11-36(21-41)31-9-10-35(2)33-24(14-25(20-40-12-5-13-47-3)34-28(33)17-32(43)48-34)18-38(35,45)37(31,44)19-26(16-27(22)23)39(29,36)46/h4,7,14,17,21-24,26-27,29-31,33-34,40,42,44-46H,5-6,8-13,15-16,18-20H2,1-3H3. The van der Waals surface area contributed by atoms with Gasteiger partial charge in [-0.05, 0) is 117 Å². The molecule has 8 rings (SSSR count). The van der Waals surface area contributed by atoms with E-state index in [9.17, 15) is 30.0 Å². The number of nitrogens with one attached hydrogen (secondary N) is 1. The van der Waals surface area contributed by atoms with Crippen LogP contribution < -0.4 is 5.32 Å². The van der Waals surface area contributed by atoms with Crippen LogP contribution in [0.1, 0.15) is 78.1 Å². The van der Waals surface area contributed by atoms with E-state index in [-0.39, 0.29) is 36.1 Å². The number of rotatable bonds is 7. The highest BCUT2D eigenvalue weighted by atomic mass is 16.5. The Balaban J connectivity index is 1.21. The summed E-state index contributed by atoms with van der Waals surface area (Å²) in [7, 11) is 1.68. The van der Waals surface area contributed by atoms with Crippen LogP contribution in [-0.2, 0) is 19.1 Å². The molecule has 9 nitrogen and oxygen atoms in total. The lowest BCUT2D eigenvalue weighted by atomic mass is 9.36. The molecule has 1 heterocycles. The van der Waals surface area contributed by atoms with Crippen molar-refractivity contribution in [3.8, 4) is 0 Å². The summed E-state index contributed by atoms with van der Waals surface area (Å²) in [6.45, 7) is 6.29. The van der Waals surface area contributed by atoms with Gasteiger partial charge in [-0.2, -0.15) is 0 Å². The van der Waals surface area contributed by atoms with Crippen LogP contribution in [0.25, 0.3) is 0 Å². The number of aliphatic hydroxyl groups excluding tert-OH is 1. The highest BCUT2D eigenvalue weighted by Crippen LogP contribution is 2.76. The maximum atomic E-state index is 13.7. The second kappa shape index (κ2) is 11.3. The molecule has 0 saturated heterocycles. The SMILES string of the molecule is COCCCNCC1=CC2CC3(O)C(C)(CCC4C3(O)CC3CC5C(C)CC=CC5CC5C(O)CCC4(C=O)C35O)C2C2=CC(=O)OC12. The van der Waals surface area contributed by atoms with Crippen LogP contribution in [0, 0.1) is 58.2 Å². The van der Waals surface area contributed by atoms with Crippen LogP contribution >= 0.6 is 0 Å². The fourth-order valence-electron chi connectivity index (χ4n) is 13.7. The summed E-state index contributed by atoms with van der Waals surface area (Å²) in [4.78, 5) is 26.6. The molecule has 5 fully saturated rings. The summed E-state index contributed by atoms with van der Waals surface area (Å²) < 4.78 is 11.1. The van der Waals surface area contributed by atoms with Gasteiger partial charge in [-0.15, -0.1) is 0 Å².